The van der Waals surface area contributed by atoms with Crippen molar-refractivity contribution < 1.29 is 23.8 Å². The van der Waals surface area contributed by atoms with Crippen LogP contribution in [0.3, 0.4) is 0 Å². The second kappa shape index (κ2) is 11.5. The van der Waals surface area contributed by atoms with E-state index in [-0.39, 0.29) is 12.0 Å². The normalized spacial score (nSPS) is 16.6. The van der Waals surface area contributed by atoms with Gasteiger partial charge < -0.3 is 14.2 Å². The monoisotopic (exact) mass is 531 g/mol. The van der Waals surface area contributed by atoms with E-state index in [0.717, 1.165) is 53.0 Å². The third kappa shape index (κ3) is 6.11. The largest absolute Gasteiger partial charge is 0.496 e. The average molecular weight is 532 g/mol. The Morgan fingerprint density at radius 1 is 1.10 bits per heavy atom. The Bertz CT molecular complexity index is 1390. The topological polar surface area (TPSA) is 73.2 Å². The number of terminal acetylenes is 1. The van der Waals surface area contributed by atoms with E-state index in [9.17, 15) is 9.59 Å². The number of hydrogen-bond acceptors (Lipinski definition) is 7. The number of carbonyl (C=O) groups is 2. The summed E-state index contributed by atoms with van der Waals surface area (Å²) in [6.07, 6.45) is 6.99. The average Bonchev–Trinajstić information content (AvgIpc) is 3.36. The van der Waals surface area contributed by atoms with Crippen molar-refractivity contribution in [3.05, 3.63) is 64.8 Å². The van der Waals surface area contributed by atoms with Crippen molar-refractivity contribution in [3.8, 4) is 18.1 Å². The number of nitrogens with zero attached hydrogens (tertiary/aromatic N) is 3. The molecule has 1 saturated heterocycles. The van der Waals surface area contributed by atoms with Crippen LogP contribution in [0.15, 0.2) is 42.6 Å². The molecule has 1 aromatic heterocycles. The molecule has 8 heteroatoms. The van der Waals surface area contributed by atoms with E-state index in [1.54, 1.807) is 30.0 Å². The molecule has 8 nitrogen and oxygen atoms in total. The van der Waals surface area contributed by atoms with Gasteiger partial charge in [-0.2, -0.15) is 0 Å². The SMILES string of the molecule is C#CCN1CCN(Cc2c(OC)cc(C)c3c2ccn3C(=O)OC(C)(C)C)C(c2ccc(C(=O)OC)cc2)C1. The van der Waals surface area contributed by atoms with Crippen LogP contribution >= 0.6 is 0 Å². The number of hydrogen-bond donors (Lipinski definition) is 0. The molecular formula is C31H37N3O5. The second-order valence-electron chi connectivity index (χ2n) is 10.8. The minimum Gasteiger partial charge on any atom is -0.496 e. The lowest BCUT2D eigenvalue weighted by Crippen LogP contribution is -2.48. The molecule has 1 unspecified atom stereocenters. The first-order valence-corrected chi connectivity index (χ1v) is 13.0. The van der Waals surface area contributed by atoms with Crippen molar-refractivity contribution in [1.82, 2.24) is 14.4 Å². The zero-order chi connectivity index (χ0) is 28.3. The number of ether oxygens (including phenoxy) is 3. The molecule has 1 aliphatic heterocycles. The zero-order valence-corrected chi connectivity index (χ0v) is 23.6. The van der Waals surface area contributed by atoms with Crippen molar-refractivity contribution in [2.24, 2.45) is 0 Å². The fraction of sp³-hybridized carbons (Fsp3) is 0.419. The van der Waals surface area contributed by atoms with Gasteiger partial charge >= 0.3 is 12.1 Å². The Balaban J connectivity index is 1.73. The van der Waals surface area contributed by atoms with Gasteiger partial charge in [0.05, 0.1) is 31.8 Å². The molecular weight excluding hydrogens is 494 g/mol. The summed E-state index contributed by atoms with van der Waals surface area (Å²) in [5, 5.41) is 0.948. The Morgan fingerprint density at radius 3 is 2.44 bits per heavy atom. The van der Waals surface area contributed by atoms with Gasteiger partial charge in [0.2, 0.25) is 0 Å². The Morgan fingerprint density at radius 2 is 1.82 bits per heavy atom. The van der Waals surface area contributed by atoms with E-state index in [1.807, 2.05) is 52.0 Å². The van der Waals surface area contributed by atoms with Crippen LogP contribution < -0.4 is 4.74 Å². The summed E-state index contributed by atoms with van der Waals surface area (Å²) < 4.78 is 17.9. The highest BCUT2D eigenvalue weighted by Gasteiger charge is 2.30. The van der Waals surface area contributed by atoms with Crippen LogP contribution in [-0.2, 0) is 16.0 Å². The van der Waals surface area contributed by atoms with E-state index < -0.39 is 11.7 Å². The van der Waals surface area contributed by atoms with Gasteiger partial charge in [-0.05, 0) is 63.1 Å². The molecule has 1 atom stereocenters. The number of fused-ring (bicyclic) bond motifs is 1. The maximum absolute atomic E-state index is 13.0. The molecule has 39 heavy (non-hydrogen) atoms. The van der Waals surface area contributed by atoms with Gasteiger partial charge in [-0.3, -0.25) is 14.4 Å². The summed E-state index contributed by atoms with van der Waals surface area (Å²) in [6.45, 7) is 11.1. The summed E-state index contributed by atoms with van der Waals surface area (Å²) >= 11 is 0. The van der Waals surface area contributed by atoms with Crippen molar-refractivity contribution in [2.75, 3.05) is 40.4 Å². The number of piperazine rings is 1. The number of aromatic nitrogens is 1. The number of esters is 1. The molecule has 0 bridgehead atoms. The van der Waals surface area contributed by atoms with Crippen LogP contribution in [0.5, 0.6) is 5.75 Å². The maximum Gasteiger partial charge on any atom is 0.419 e. The highest BCUT2D eigenvalue weighted by Crippen LogP contribution is 2.36. The number of carbonyl (C=O) groups excluding carboxylic acids is 2. The lowest BCUT2D eigenvalue weighted by molar-refractivity contribution is 0.0542. The summed E-state index contributed by atoms with van der Waals surface area (Å²) in [7, 11) is 3.05. The predicted molar refractivity (Wildman–Crippen MR) is 151 cm³/mol. The van der Waals surface area contributed by atoms with Crippen LogP contribution in [0.1, 0.15) is 53.9 Å². The van der Waals surface area contributed by atoms with E-state index in [4.69, 9.17) is 20.6 Å². The van der Waals surface area contributed by atoms with E-state index in [1.165, 1.54) is 7.11 Å². The van der Waals surface area contributed by atoms with Crippen LogP contribution in [-0.4, -0.2) is 72.4 Å². The van der Waals surface area contributed by atoms with Crippen molar-refractivity contribution in [2.45, 2.75) is 45.9 Å². The Hall–Kier alpha value is -3.80. The number of rotatable bonds is 6. The summed E-state index contributed by atoms with van der Waals surface area (Å²) in [5.74, 6) is 3.17. The van der Waals surface area contributed by atoms with Gasteiger partial charge in [-0.15, -0.1) is 6.42 Å². The molecule has 2 heterocycles. The molecule has 0 spiro atoms. The second-order valence-corrected chi connectivity index (χ2v) is 10.8. The first-order chi connectivity index (χ1) is 18.6. The Kier molecular flexibility index (Phi) is 8.34. The third-order valence-corrected chi connectivity index (χ3v) is 7.01. The quantitative estimate of drug-likeness (QED) is 0.327. The van der Waals surface area contributed by atoms with Gasteiger partial charge in [-0.25, -0.2) is 9.59 Å². The number of aryl methyl sites for hydroxylation is 1. The summed E-state index contributed by atoms with van der Waals surface area (Å²) in [6, 6.07) is 11.5. The van der Waals surface area contributed by atoms with Crippen LogP contribution in [0, 0.1) is 19.3 Å². The standard InChI is InChI=1S/C31H37N3O5/c1-8-14-32-16-17-33(26(20-32)22-9-11-23(12-10-22)29(35)38-7)19-25-24-13-15-34(30(36)39-31(3,4)5)28(24)21(2)18-27(25)37-6/h1,9-13,15,18,26H,14,16-17,19-20H2,2-7H3. The third-order valence-electron chi connectivity index (χ3n) is 7.01. The van der Waals surface area contributed by atoms with Gasteiger partial charge in [0.15, 0.2) is 0 Å². The van der Waals surface area contributed by atoms with Gasteiger partial charge in [-0.1, -0.05) is 18.1 Å². The smallest absolute Gasteiger partial charge is 0.419 e. The van der Waals surface area contributed by atoms with Crippen LogP contribution in [0.2, 0.25) is 0 Å². The van der Waals surface area contributed by atoms with E-state index in [2.05, 4.69) is 15.7 Å². The lowest BCUT2D eigenvalue weighted by Gasteiger charge is -2.41. The molecule has 0 radical (unpaired) electrons. The van der Waals surface area contributed by atoms with E-state index >= 15 is 0 Å². The molecule has 0 N–H and O–H groups in total. The van der Waals surface area contributed by atoms with Crippen molar-refractivity contribution in [1.29, 1.82) is 0 Å². The van der Waals surface area contributed by atoms with Crippen molar-refractivity contribution >= 4 is 23.0 Å². The van der Waals surface area contributed by atoms with Crippen LogP contribution in [0.25, 0.3) is 10.9 Å². The number of benzene rings is 2. The molecule has 0 saturated carbocycles. The number of methoxy groups -OCH3 is 2. The molecule has 0 amide bonds. The van der Waals surface area contributed by atoms with Gasteiger partial charge in [0, 0.05) is 49.4 Å². The molecule has 3 aromatic rings. The molecule has 1 aliphatic rings. The first kappa shape index (κ1) is 28.2. The predicted octanol–water partition coefficient (Wildman–Crippen LogP) is 5.02. The molecule has 4 rings (SSSR count). The molecule has 1 fully saturated rings. The lowest BCUT2D eigenvalue weighted by atomic mass is 9.98. The first-order valence-electron chi connectivity index (χ1n) is 13.0. The summed E-state index contributed by atoms with van der Waals surface area (Å²) in [4.78, 5) is 29.7. The van der Waals surface area contributed by atoms with E-state index in [0.29, 0.717) is 18.7 Å². The highest BCUT2D eigenvalue weighted by molar-refractivity contribution is 5.95. The fourth-order valence-corrected chi connectivity index (χ4v) is 5.19. The van der Waals surface area contributed by atoms with Crippen molar-refractivity contribution in [3.63, 3.8) is 0 Å². The van der Waals surface area contributed by atoms with Crippen LogP contribution in [0.4, 0.5) is 4.79 Å². The molecule has 0 aliphatic carbocycles. The molecule has 2 aromatic carbocycles. The summed E-state index contributed by atoms with van der Waals surface area (Å²) in [5.41, 5.74) is 3.72. The highest BCUT2D eigenvalue weighted by atomic mass is 16.6. The zero-order valence-electron chi connectivity index (χ0n) is 23.6. The molecule has 206 valence electrons. The Labute approximate surface area is 230 Å². The van der Waals surface area contributed by atoms with Gasteiger partial charge in [0.1, 0.15) is 11.4 Å². The van der Waals surface area contributed by atoms with Gasteiger partial charge in [0.25, 0.3) is 0 Å². The minimum atomic E-state index is -0.606. The maximum atomic E-state index is 13.0. The minimum absolute atomic E-state index is 0.0350. The fourth-order valence-electron chi connectivity index (χ4n) is 5.19.